The van der Waals surface area contributed by atoms with Crippen molar-refractivity contribution in [2.45, 2.75) is 277 Å². The Morgan fingerprint density at radius 2 is 0.513 bits per heavy atom. The molecule has 0 aromatic heterocycles. The summed E-state index contributed by atoms with van der Waals surface area (Å²) >= 11 is 0. The van der Waals surface area contributed by atoms with Gasteiger partial charge < -0.3 is 14.2 Å². The molecular formula is C70H114O6. The first-order valence-electron chi connectivity index (χ1n) is 31.2. The topological polar surface area (TPSA) is 78.9 Å². The molecule has 0 N–H and O–H groups in total. The summed E-state index contributed by atoms with van der Waals surface area (Å²) in [7, 11) is 0. The van der Waals surface area contributed by atoms with Crippen LogP contribution in [0.15, 0.2) is 134 Å². The Morgan fingerprint density at radius 3 is 0.829 bits per heavy atom. The average Bonchev–Trinajstić information content (AvgIpc) is 3.42. The lowest BCUT2D eigenvalue weighted by Gasteiger charge is -2.18. The summed E-state index contributed by atoms with van der Waals surface area (Å²) in [5, 5.41) is 0. The standard InChI is InChI=1S/C70H114O6/c1-4-7-10-13-16-19-22-25-28-30-32-33-34-35-36-37-38-40-42-45-48-51-54-57-60-63-69(72)75-66-67(65-74-68(71)62-59-56-53-50-47-44-41-27-24-21-18-15-12-9-6-3)76-70(73)64-61-58-55-52-49-46-43-39-31-29-26-23-20-17-14-11-8-5-2/h7,9-10,12,16,18-19,21,25,27-29,31-33,35-36,38,40-41,45,48,67H,4-6,8,11,13-15,17,20,22-24,26,30,34,37,39,42-44,46-47,49-66H2,1-3H3/b10-7-,12-9-,19-16-,21-18-,28-25-,31-29-,33-32-,36-35-,40-38-,41-27-,48-45-. The van der Waals surface area contributed by atoms with Crippen molar-refractivity contribution in [2.75, 3.05) is 13.2 Å². The molecule has 0 amide bonds. The van der Waals surface area contributed by atoms with Gasteiger partial charge in [-0.1, -0.05) is 251 Å². The van der Waals surface area contributed by atoms with Gasteiger partial charge in [-0.25, -0.2) is 0 Å². The van der Waals surface area contributed by atoms with Gasteiger partial charge in [0.25, 0.3) is 0 Å². The maximum atomic E-state index is 12.9. The molecule has 76 heavy (non-hydrogen) atoms. The summed E-state index contributed by atoms with van der Waals surface area (Å²) in [5.41, 5.74) is 0. The van der Waals surface area contributed by atoms with Gasteiger partial charge in [0.15, 0.2) is 6.10 Å². The monoisotopic (exact) mass is 1050 g/mol. The van der Waals surface area contributed by atoms with Gasteiger partial charge in [0.2, 0.25) is 0 Å². The number of allylic oxidation sites excluding steroid dienone is 22. The number of ether oxygens (including phenoxy) is 3. The third-order valence-corrected chi connectivity index (χ3v) is 12.9. The first kappa shape index (κ1) is 71.5. The van der Waals surface area contributed by atoms with Crippen LogP contribution in [0, 0.1) is 0 Å². The molecule has 0 heterocycles. The first-order valence-corrected chi connectivity index (χ1v) is 31.2. The summed E-state index contributed by atoms with van der Waals surface area (Å²) in [6.45, 7) is 6.37. The Hall–Kier alpha value is -4.45. The predicted molar refractivity (Wildman–Crippen MR) is 329 cm³/mol. The van der Waals surface area contributed by atoms with E-state index in [0.717, 1.165) is 148 Å². The Labute approximate surface area is 468 Å². The van der Waals surface area contributed by atoms with Crippen molar-refractivity contribution >= 4 is 17.9 Å². The molecule has 0 bridgehead atoms. The Bertz CT molecular complexity index is 1630. The highest BCUT2D eigenvalue weighted by atomic mass is 16.6. The number of hydrogen-bond acceptors (Lipinski definition) is 6. The largest absolute Gasteiger partial charge is 0.462 e. The summed E-state index contributed by atoms with van der Waals surface area (Å²) in [5.74, 6) is -0.956. The highest BCUT2D eigenvalue weighted by Gasteiger charge is 2.19. The molecular weight excluding hydrogens is 937 g/mol. The molecule has 0 aliphatic heterocycles. The fourth-order valence-electron chi connectivity index (χ4n) is 8.25. The molecule has 0 saturated heterocycles. The molecule has 430 valence electrons. The summed E-state index contributed by atoms with van der Waals surface area (Å²) < 4.78 is 16.9. The lowest BCUT2D eigenvalue weighted by molar-refractivity contribution is -0.167. The van der Waals surface area contributed by atoms with Crippen LogP contribution in [0.25, 0.3) is 0 Å². The van der Waals surface area contributed by atoms with E-state index in [-0.39, 0.29) is 31.1 Å². The summed E-state index contributed by atoms with van der Waals surface area (Å²) in [6, 6.07) is 0. The number of esters is 3. The second-order valence-corrected chi connectivity index (χ2v) is 20.2. The fourth-order valence-corrected chi connectivity index (χ4v) is 8.25. The minimum Gasteiger partial charge on any atom is -0.462 e. The smallest absolute Gasteiger partial charge is 0.306 e. The van der Waals surface area contributed by atoms with Crippen LogP contribution in [0.1, 0.15) is 271 Å². The molecule has 0 aliphatic carbocycles. The van der Waals surface area contributed by atoms with Crippen LogP contribution in [0.5, 0.6) is 0 Å². The van der Waals surface area contributed by atoms with E-state index < -0.39 is 6.10 Å². The first-order chi connectivity index (χ1) is 37.5. The van der Waals surface area contributed by atoms with E-state index in [1.165, 1.54) is 83.5 Å². The molecule has 0 aliphatic rings. The Morgan fingerprint density at radius 1 is 0.276 bits per heavy atom. The normalized spacial score (nSPS) is 13.0. The van der Waals surface area contributed by atoms with Crippen molar-refractivity contribution in [1.82, 2.24) is 0 Å². The zero-order valence-electron chi connectivity index (χ0n) is 49.2. The van der Waals surface area contributed by atoms with E-state index in [1.54, 1.807) is 0 Å². The van der Waals surface area contributed by atoms with Crippen LogP contribution in [-0.4, -0.2) is 37.2 Å². The second kappa shape index (κ2) is 63.1. The van der Waals surface area contributed by atoms with Crippen LogP contribution < -0.4 is 0 Å². The van der Waals surface area contributed by atoms with E-state index in [4.69, 9.17) is 14.2 Å². The molecule has 6 heteroatoms. The minimum atomic E-state index is -0.808. The molecule has 0 aromatic carbocycles. The maximum Gasteiger partial charge on any atom is 0.306 e. The van der Waals surface area contributed by atoms with E-state index in [0.29, 0.717) is 19.3 Å². The fraction of sp³-hybridized carbons (Fsp3) is 0.643. The van der Waals surface area contributed by atoms with Gasteiger partial charge in [-0.3, -0.25) is 14.4 Å². The van der Waals surface area contributed by atoms with Crippen LogP contribution in [-0.2, 0) is 28.6 Å². The van der Waals surface area contributed by atoms with Gasteiger partial charge in [-0.05, 0) is 135 Å². The summed E-state index contributed by atoms with van der Waals surface area (Å²) in [4.78, 5) is 38.3. The van der Waals surface area contributed by atoms with Crippen LogP contribution >= 0.6 is 0 Å². The number of rotatable bonds is 55. The summed E-state index contributed by atoms with van der Waals surface area (Å²) in [6.07, 6.45) is 88.8. The maximum absolute atomic E-state index is 12.9. The van der Waals surface area contributed by atoms with E-state index >= 15 is 0 Å². The van der Waals surface area contributed by atoms with E-state index in [9.17, 15) is 14.4 Å². The van der Waals surface area contributed by atoms with Gasteiger partial charge in [-0.15, -0.1) is 0 Å². The van der Waals surface area contributed by atoms with Crippen molar-refractivity contribution in [2.24, 2.45) is 0 Å². The zero-order chi connectivity index (χ0) is 55.0. The molecule has 6 nitrogen and oxygen atoms in total. The molecule has 0 spiro atoms. The quantitative estimate of drug-likeness (QED) is 0.0261. The second-order valence-electron chi connectivity index (χ2n) is 20.2. The van der Waals surface area contributed by atoms with E-state index in [1.807, 2.05) is 0 Å². The van der Waals surface area contributed by atoms with Gasteiger partial charge >= 0.3 is 17.9 Å². The third-order valence-electron chi connectivity index (χ3n) is 12.9. The zero-order valence-corrected chi connectivity index (χ0v) is 49.2. The molecule has 0 fully saturated rings. The molecule has 0 aromatic rings. The van der Waals surface area contributed by atoms with Gasteiger partial charge in [0, 0.05) is 19.3 Å². The SMILES string of the molecule is CC/C=C\C/C=C\C/C=C\C/C=C\C/C=C\C/C=C\C/C=C\CCCCCC(=O)OCC(COC(=O)CCCCCCC/C=C\C/C=C\C/C=C\CC)OC(=O)CCCCCCCCC/C=C\CCCCCCCCC. The highest BCUT2D eigenvalue weighted by molar-refractivity contribution is 5.71. The Balaban J connectivity index is 4.47. The Kier molecular flexibility index (Phi) is 59.4. The number of carbonyl (C=O) groups is 3. The van der Waals surface area contributed by atoms with Crippen molar-refractivity contribution in [3.05, 3.63) is 134 Å². The lowest BCUT2D eigenvalue weighted by atomic mass is 10.1. The number of carbonyl (C=O) groups excluding carboxylic acids is 3. The highest BCUT2D eigenvalue weighted by Crippen LogP contribution is 2.14. The van der Waals surface area contributed by atoms with Crippen LogP contribution in [0.2, 0.25) is 0 Å². The molecule has 0 saturated carbocycles. The van der Waals surface area contributed by atoms with Crippen molar-refractivity contribution in [3.63, 3.8) is 0 Å². The number of unbranched alkanes of at least 4 members (excludes halogenated alkanes) is 22. The average molecular weight is 1050 g/mol. The van der Waals surface area contributed by atoms with Crippen LogP contribution in [0.4, 0.5) is 0 Å². The molecule has 0 radical (unpaired) electrons. The third kappa shape index (κ3) is 60.4. The lowest BCUT2D eigenvalue weighted by Crippen LogP contribution is -2.30. The minimum absolute atomic E-state index is 0.103. The van der Waals surface area contributed by atoms with Crippen molar-refractivity contribution in [3.8, 4) is 0 Å². The van der Waals surface area contributed by atoms with Gasteiger partial charge in [-0.2, -0.15) is 0 Å². The van der Waals surface area contributed by atoms with Crippen molar-refractivity contribution in [1.29, 1.82) is 0 Å². The molecule has 1 atom stereocenters. The van der Waals surface area contributed by atoms with E-state index in [2.05, 4.69) is 154 Å². The van der Waals surface area contributed by atoms with Gasteiger partial charge in [0.05, 0.1) is 0 Å². The van der Waals surface area contributed by atoms with Crippen LogP contribution in [0.3, 0.4) is 0 Å². The molecule has 0 rings (SSSR count). The van der Waals surface area contributed by atoms with Gasteiger partial charge in [0.1, 0.15) is 13.2 Å². The predicted octanol–water partition coefficient (Wildman–Crippen LogP) is 21.4. The molecule has 1 unspecified atom stereocenters. The number of hydrogen-bond donors (Lipinski definition) is 0. The van der Waals surface area contributed by atoms with Crippen molar-refractivity contribution < 1.29 is 28.6 Å².